The van der Waals surface area contributed by atoms with Crippen LogP contribution in [-0.4, -0.2) is 20.9 Å². The van der Waals surface area contributed by atoms with E-state index in [1.54, 1.807) is 13.0 Å². The number of carbonyl (C=O) groups is 1. The second-order valence-corrected chi connectivity index (χ2v) is 8.30. The molecule has 4 nitrogen and oxygen atoms in total. The zero-order chi connectivity index (χ0) is 15.6. The summed E-state index contributed by atoms with van der Waals surface area (Å²) < 4.78 is 22.9. The molecule has 1 aliphatic rings. The number of hydrogen-bond acceptors (Lipinski definition) is 3. The molecular formula is C14H17Cl2NO3S. The molecule has 0 radical (unpaired) electrons. The summed E-state index contributed by atoms with van der Waals surface area (Å²) in [6.45, 7) is 2.22. The minimum Gasteiger partial charge on any atom is -0.352 e. The number of rotatable bonds is 6. The number of amides is 1. The number of benzene rings is 1. The summed E-state index contributed by atoms with van der Waals surface area (Å²) in [6, 6.07) is 2.78. The van der Waals surface area contributed by atoms with Gasteiger partial charge >= 0.3 is 0 Å². The molecule has 0 bridgehead atoms. The normalized spacial score (nSPS) is 15.0. The van der Waals surface area contributed by atoms with Crippen molar-refractivity contribution in [2.45, 2.75) is 37.5 Å². The Labute approximate surface area is 134 Å². The second-order valence-electron chi connectivity index (χ2n) is 5.38. The van der Waals surface area contributed by atoms with E-state index in [1.807, 2.05) is 0 Å². The molecule has 1 saturated carbocycles. The van der Waals surface area contributed by atoms with Crippen molar-refractivity contribution < 1.29 is 13.2 Å². The Hall–Kier alpha value is -0.780. The SMILES string of the molecule is Cc1cc(C(=O)NCCCC2CC2)cc(S(=O)(=O)Cl)c1Cl. The molecule has 1 amide bonds. The predicted molar refractivity (Wildman–Crippen MR) is 83.5 cm³/mol. The Morgan fingerprint density at radius 2 is 2.05 bits per heavy atom. The van der Waals surface area contributed by atoms with Crippen LogP contribution >= 0.6 is 22.3 Å². The van der Waals surface area contributed by atoms with Gasteiger partial charge in [0.2, 0.25) is 0 Å². The standard InChI is InChI=1S/C14H17Cl2NO3S/c1-9-7-11(8-12(13(9)15)21(16,19)20)14(18)17-6-2-3-10-4-5-10/h7-8,10H,2-6H2,1H3,(H,17,18). The lowest BCUT2D eigenvalue weighted by Gasteiger charge is -2.09. The quantitative estimate of drug-likeness (QED) is 0.631. The van der Waals surface area contributed by atoms with Crippen LogP contribution in [0, 0.1) is 12.8 Å². The first-order valence-electron chi connectivity index (χ1n) is 6.82. The van der Waals surface area contributed by atoms with E-state index in [0.717, 1.165) is 18.8 Å². The van der Waals surface area contributed by atoms with Gasteiger partial charge < -0.3 is 5.32 Å². The third-order valence-electron chi connectivity index (χ3n) is 3.52. The molecular weight excluding hydrogens is 333 g/mol. The van der Waals surface area contributed by atoms with E-state index in [-0.39, 0.29) is 21.4 Å². The van der Waals surface area contributed by atoms with E-state index in [4.69, 9.17) is 22.3 Å². The van der Waals surface area contributed by atoms with Gasteiger partial charge in [-0.05, 0) is 43.4 Å². The zero-order valence-corrected chi connectivity index (χ0v) is 14.0. The van der Waals surface area contributed by atoms with Crippen molar-refractivity contribution >= 4 is 37.2 Å². The van der Waals surface area contributed by atoms with E-state index in [9.17, 15) is 13.2 Å². The molecule has 116 valence electrons. The van der Waals surface area contributed by atoms with Gasteiger partial charge in [-0.1, -0.05) is 24.4 Å². The van der Waals surface area contributed by atoms with Gasteiger partial charge in [-0.2, -0.15) is 0 Å². The van der Waals surface area contributed by atoms with Crippen LogP contribution in [0.1, 0.15) is 41.6 Å². The van der Waals surface area contributed by atoms with E-state index in [0.29, 0.717) is 12.1 Å². The van der Waals surface area contributed by atoms with Crippen LogP contribution in [-0.2, 0) is 9.05 Å². The lowest BCUT2D eigenvalue weighted by atomic mass is 10.1. The zero-order valence-electron chi connectivity index (χ0n) is 11.7. The maximum Gasteiger partial charge on any atom is 0.262 e. The number of halogens is 2. The maximum atomic E-state index is 12.1. The molecule has 0 aromatic heterocycles. The largest absolute Gasteiger partial charge is 0.352 e. The maximum absolute atomic E-state index is 12.1. The summed E-state index contributed by atoms with van der Waals surface area (Å²) in [4.78, 5) is 11.8. The average Bonchev–Trinajstić information content (AvgIpc) is 3.20. The Morgan fingerprint density at radius 1 is 1.38 bits per heavy atom. The van der Waals surface area contributed by atoms with Crippen molar-refractivity contribution in [1.82, 2.24) is 5.32 Å². The molecule has 21 heavy (non-hydrogen) atoms. The molecule has 2 rings (SSSR count). The summed E-state index contributed by atoms with van der Waals surface area (Å²) in [5.74, 6) is 0.514. The third-order valence-corrected chi connectivity index (χ3v) is 5.48. The fourth-order valence-corrected chi connectivity index (χ4v) is 3.69. The molecule has 1 N–H and O–H groups in total. The van der Waals surface area contributed by atoms with Gasteiger partial charge in [0.1, 0.15) is 4.90 Å². The molecule has 0 unspecified atom stereocenters. The number of nitrogens with one attached hydrogen (secondary N) is 1. The summed E-state index contributed by atoms with van der Waals surface area (Å²) >= 11 is 5.93. The summed E-state index contributed by atoms with van der Waals surface area (Å²) in [6.07, 6.45) is 4.65. The van der Waals surface area contributed by atoms with Gasteiger partial charge in [0.25, 0.3) is 15.0 Å². The number of aryl methyl sites for hydroxylation is 1. The molecule has 1 fully saturated rings. The van der Waals surface area contributed by atoms with E-state index >= 15 is 0 Å². The van der Waals surface area contributed by atoms with Crippen LogP contribution in [0.2, 0.25) is 5.02 Å². The summed E-state index contributed by atoms with van der Waals surface area (Å²) in [5, 5.41) is 2.84. The Balaban J connectivity index is 2.07. The van der Waals surface area contributed by atoms with Gasteiger partial charge in [0, 0.05) is 22.8 Å². The van der Waals surface area contributed by atoms with Gasteiger partial charge in [0.05, 0.1) is 5.02 Å². The summed E-state index contributed by atoms with van der Waals surface area (Å²) in [7, 11) is 1.36. The molecule has 1 aromatic carbocycles. The molecule has 0 spiro atoms. The van der Waals surface area contributed by atoms with E-state index in [2.05, 4.69) is 5.32 Å². The molecule has 1 aromatic rings. The van der Waals surface area contributed by atoms with E-state index in [1.165, 1.54) is 18.9 Å². The fourth-order valence-electron chi connectivity index (χ4n) is 2.15. The first-order valence-corrected chi connectivity index (χ1v) is 9.51. The van der Waals surface area contributed by atoms with Crippen molar-refractivity contribution in [3.8, 4) is 0 Å². The van der Waals surface area contributed by atoms with Crippen molar-refractivity contribution in [3.05, 3.63) is 28.3 Å². The molecule has 0 heterocycles. The van der Waals surface area contributed by atoms with Crippen molar-refractivity contribution in [1.29, 1.82) is 0 Å². The number of hydrogen-bond donors (Lipinski definition) is 1. The molecule has 0 atom stereocenters. The lowest BCUT2D eigenvalue weighted by Crippen LogP contribution is -2.24. The van der Waals surface area contributed by atoms with Crippen LogP contribution in [0.15, 0.2) is 17.0 Å². The van der Waals surface area contributed by atoms with Crippen LogP contribution in [0.25, 0.3) is 0 Å². The minimum atomic E-state index is -3.98. The highest BCUT2D eigenvalue weighted by Gasteiger charge is 2.21. The topological polar surface area (TPSA) is 63.2 Å². The highest BCUT2D eigenvalue weighted by Crippen LogP contribution is 2.33. The lowest BCUT2D eigenvalue weighted by molar-refractivity contribution is 0.0952. The average molecular weight is 350 g/mol. The first-order chi connectivity index (χ1) is 9.79. The summed E-state index contributed by atoms with van der Waals surface area (Å²) in [5.41, 5.74) is 0.754. The Morgan fingerprint density at radius 3 is 2.62 bits per heavy atom. The van der Waals surface area contributed by atoms with Crippen molar-refractivity contribution in [3.63, 3.8) is 0 Å². The highest BCUT2D eigenvalue weighted by molar-refractivity contribution is 8.13. The minimum absolute atomic E-state index is 0.0512. The Kier molecular flexibility index (Phi) is 5.17. The predicted octanol–water partition coefficient (Wildman–Crippen LogP) is 3.50. The van der Waals surface area contributed by atoms with Gasteiger partial charge in [-0.3, -0.25) is 4.79 Å². The van der Waals surface area contributed by atoms with Crippen molar-refractivity contribution in [2.75, 3.05) is 6.54 Å². The van der Waals surface area contributed by atoms with Crippen LogP contribution < -0.4 is 5.32 Å². The molecule has 0 saturated heterocycles. The first kappa shape index (κ1) is 16.6. The highest BCUT2D eigenvalue weighted by atomic mass is 35.7. The van der Waals surface area contributed by atoms with Gasteiger partial charge in [0.15, 0.2) is 0 Å². The number of carbonyl (C=O) groups excluding carboxylic acids is 1. The second kappa shape index (κ2) is 6.55. The van der Waals surface area contributed by atoms with E-state index < -0.39 is 9.05 Å². The van der Waals surface area contributed by atoms with Gasteiger partial charge in [-0.25, -0.2) is 8.42 Å². The van der Waals surface area contributed by atoms with Crippen molar-refractivity contribution in [2.24, 2.45) is 5.92 Å². The monoisotopic (exact) mass is 349 g/mol. The molecule has 7 heteroatoms. The third kappa shape index (κ3) is 4.59. The van der Waals surface area contributed by atoms with Crippen LogP contribution in [0.4, 0.5) is 0 Å². The van der Waals surface area contributed by atoms with Crippen LogP contribution in [0.5, 0.6) is 0 Å². The smallest absolute Gasteiger partial charge is 0.262 e. The Bertz CT molecular complexity index is 654. The molecule has 0 aliphatic heterocycles. The fraction of sp³-hybridized carbons (Fsp3) is 0.500. The van der Waals surface area contributed by atoms with Gasteiger partial charge in [-0.15, -0.1) is 0 Å². The molecule has 1 aliphatic carbocycles. The van der Waals surface area contributed by atoms with Crippen LogP contribution in [0.3, 0.4) is 0 Å².